The van der Waals surface area contributed by atoms with Crippen molar-refractivity contribution in [1.82, 2.24) is 5.32 Å². The van der Waals surface area contributed by atoms with Crippen LogP contribution in [0.2, 0.25) is 0 Å². The second-order valence-corrected chi connectivity index (χ2v) is 5.60. The van der Waals surface area contributed by atoms with Crippen LogP contribution in [0, 0.1) is 11.7 Å². The van der Waals surface area contributed by atoms with Crippen LogP contribution in [0.1, 0.15) is 38.7 Å². The molecule has 0 bridgehead atoms. The van der Waals surface area contributed by atoms with E-state index in [1.165, 1.54) is 12.1 Å². The SMILES string of the molecule is CC(C)CCNC(=O)C(N)CCCc1ccc(F)cc1. The van der Waals surface area contributed by atoms with Crippen LogP contribution >= 0.6 is 0 Å². The maximum absolute atomic E-state index is 12.7. The molecule has 1 aromatic rings. The largest absolute Gasteiger partial charge is 0.355 e. The van der Waals surface area contributed by atoms with Crippen molar-refractivity contribution in [2.45, 2.75) is 45.6 Å². The predicted octanol–water partition coefficient (Wildman–Crippen LogP) is 2.64. The Morgan fingerprint density at radius 3 is 2.50 bits per heavy atom. The number of aryl methyl sites for hydroxylation is 1. The zero-order valence-corrected chi connectivity index (χ0v) is 12.4. The van der Waals surface area contributed by atoms with Crippen LogP contribution in [0.3, 0.4) is 0 Å². The van der Waals surface area contributed by atoms with Crippen LogP contribution in [0.25, 0.3) is 0 Å². The lowest BCUT2D eigenvalue weighted by atomic mass is 10.0. The van der Waals surface area contributed by atoms with Gasteiger partial charge in [-0.1, -0.05) is 26.0 Å². The number of carbonyl (C=O) groups excluding carboxylic acids is 1. The van der Waals surface area contributed by atoms with E-state index in [1.807, 2.05) is 0 Å². The third kappa shape index (κ3) is 6.66. The number of rotatable bonds is 8. The topological polar surface area (TPSA) is 55.1 Å². The Morgan fingerprint density at radius 1 is 1.25 bits per heavy atom. The molecule has 0 saturated carbocycles. The first-order valence-corrected chi connectivity index (χ1v) is 7.26. The molecule has 112 valence electrons. The van der Waals surface area contributed by atoms with E-state index in [-0.39, 0.29) is 11.7 Å². The van der Waals surface area contributed by atoms with E-state index in [4.69, 9.17) is 5.73 Å². The van der Waals surface area contributed by atoms with Crippen molar-refractivity contribution in [2.24, 2.45) is 11.7 Å². The fraction of sp³-hybridized carbons (Fsp3) is 0.562. The number of halogens is 1. The Labute approximate surface area is 120 Å². The lowest BCUT2D eigenvalue weighted by molar-refractivity contribution is -0.122. The molecule has 0 saturated heterocycles. The van der Waals surface area contributed by atoms with Crippen LogP contribution in [-0.4, -0.2) is 18.5 Å². The second kappa shape index (κ2) is 8.69. The molecule has 0 aliphatic carbocycles. The van der Waals surface area contributed by atoms with Gasteiger partial charge in [0.2, 0.25) is 5.91 Å². The summed E-state index contributed by atoms with van der Waals surface area (Å²) in [5.41, 5.74) is 6.92. The number of carbonyl (C=O) groups is 1. The molecule has 0 heterocycles. The molecule has 3 nitrogen and oxygen atoms in total. The van der Waals surface area contributed by atoms with Crippen LogP contribution in [0.4, 0.5) is 4.39 Å². The summed E-state index contributed by atoms with van der Waals surface area (Å²) in [6.07, 6.45) is 3.25. The van der Waals surface area contributed by atoms with E-state index in [9.17, 15) is 9.18 Å². The van der Waals surface area contributed by atoms with Gasteiger partial charge in [-0.2, -0.15) is 0 Å². The molecular formula is C16H25FN2O. The Hall–Kier alpha value is -1.42. The summed E-state index contributed by atoms with van der Waals surface area (Å²) in [6.45, 7) is 4.92. The second-order valence-electron chi connectivity index (χ2n) is 5.60. The number of amides is 1. The number of hydrogen-bond acceptors (Lipinski definition) is 2. The van der Waals surface area contributed by atoms with Gasteiger partial charge in [-0.05, 0) is 49.3 Å². The molecule has 1 aromatic carbocycles. The first-order valence-electron chi connectivity index (χ1n) is 7.26. The molecule has 1 rings (SSSR count). The Morgan fingerprint density at radius 2 is 1.90 bits per heavy atom. The van der Waals surface area contributed by atoms with Gasteiger partial charge in [0.1, 0.15) is 5.82 Å². The molecule has 0 aromatic heterocycles. The van der Waals surface area contributed by atoms with Gasteiger partial charge in [-0.25, -0.2) is 4.39 Å². The van der Waals surface area contributed by atoms with Gasteiger partial charge in [0.15, 0.2) is 0 Å². The summed E-state index contributed by atoms with van der Waals surface area (Å²) >= 11 is 0. The minimum Gasteiger partial charge on any atom is -0.355 e. The molecule has 0 radical (unpaired) electrons. The van der Waals surface area contributed by atoms with E-state index < -0.39 is 6.04 Å². The maximum Gasteiger partial charge on any atom is 0.236 e. The molecule has 0 spiro atoms. The summed E-state index contributed by atoms with van der Waals surface area (Å²) in [5.74, 6) is 0.268. The average molecular weight is 280 g/mol. The normalized spacial score (nSPS) is 12.4. The number of nitrogens with two attached hydrogens (primary N) is 1. The van der Waals surface area contributed by atoms with Crippen LogP contribution < -0.4 is 11.1 Å². The third-order valence-corrected chi connectivity index (χ3v) is 3.25. The maximum atomic E-state index is 12.7. The Kier molecular flexibility index (Phi) is 7.23. The van der Waals surface area contributed by atoms with Gasteiger partial charge in [-0.15, -0.1) is 0 Å². The highest BCUT2D eigenvalue weighted by Crippen LogP contribution is 2.08. The van der Waals surface area contributed by atoms with Crippen molar-refractivity contribution in [1.29, 1.82) is 0 Å². The van der Waals surface area contributed by atoms with Crippen molar-refractivity contribution in [3.63, 3.8) is 0 Å². The molecule has 4 heteroatoms. The van der Waals surface area contributed by atoms with Crippen LogP contribution in [0.15, 0.2) is 24.3 Å². The van der Waals surface area contributed by atoms with Crippen LogP contribution in [0.5, 0.6) is 0 Å². The zero-order chi connectivity index (χ0) is 15.0. The highest BCUT2D eigenvalue weighted by molar-refractivity contribution is 5.81. The predicted molar refractivity (Wildman–Crippen MR) is 79.8 cm³/mol. The van der Waals surface area contributed by atoms with Crippen molar-refractivity contribution >= 4 is 5.91 Å². The summed E-state index contributed by atoms with van der Waals surface area (Å²) in [4.78, 5) is 11.7. The summed E-state index contributed by atoms with van der Waals surface area (Å²) in [7, 11) is 0. The minimum atomic E-state index is -0.456. The highest BCUT2D eigenvalue weighted by Gasteiger charge is 2.12. The number of hydrogen-bond donors (Lipinski definition) is 2. The molecular weight excluding hydrogens is 255 g/mol. The third-order valence-electron chi connectivity index (χ3n) is 3.25. The minimum absolute atomic E-state index is 0.0789. The Balaban J connectivity index is 2.20. The lowest BCUT2D eigenvalue weighted by Gasteiger charge is -2.13. The quantitative estimate of drug-likeness (QED) is 0.769. The first kappa shape index (κ1) is 16.6. The van der Waals surface area contributed by atoms with Gasteiger partial charge >= 0.3 is 0 Å². The number of benzene rings is 1. The smallest absolute Gasteiger partial charge is 0.236 e. The molecule has 1 atom stereocenters. The van der Waals surface area contributed by atoms with Gasteiger partial charge < -0.3 is 11.1 Å². The van der Waals surface area contributed by atoms with E-state index >= 15 is 0 Å². The molecule has 1 amide bonds. The molecule has 0 aliphatic rings. The van der Waals surface area contributed by atoms with E-state index in [0.717, 1.165) is 24.8 Å². The zero-order valence-electron chi connectivity index (χ0n) is 12.4. The standard InChI is InChI=1S/C16H25FN2O/c1-12(2)10-11-19-16(20)15(18)5-3-4-13-6-8-14(17)9-7-13/h6-9,12,15H,3-5,10-11,18H2,1-2H3,(H,19,20). The van der Waals surface area contributed by atoms with Gasteiger partial charge in [-0.3, -0.25) is 4.79 Å². The van der Waals surface area contributed by atoms with E-state index in [1.54, 1.807) is 12.1 Å². The molecule has 1 unspecified atom stereocenters. The fourth-order valence-electron chi connectivity index (χ4n) is 1.92. The Bertz CT molecular complexity index is 403. The molecule has 0 aliphatic heterocycles. The number of nitrogens with one attached hydrogen (secondary N) is 1. The van der Waals surface area contributed by atoms with E-state index in [2.05, 4.69) is 19.2 Å². The van der Waals surface area contributed by atoms with Crippen molar-refractivity contribution in [2.75, 3.05) is 6.54 Å². The molecule has 0 fully saturated rings. The first-order chi connectivity index (χ1) is 9.49. The van der Waals surface area contributed by atoms with Gasteiger partial charge in [0.25, 0.3) is 0 Å². The molecule has 3 N–H and O–H groups in total. The van der Waals surface area contributed by atoms with E-state index in [0.29, 0.717) is 18.9 Å². The van der Waals surface area contributed by atoms with Crippen molar-refractivity contribution in [3.05, 3.63) is 35.6 Å². The van der Waals surface area contributed by atoms with Gasteiger partial charge in [0.05, 0.1) is 6.04 Å². The summed E-state index contributed by atoms with van der Waals surface area (Å²) in [5, 5.41) is 2.86. The van der Waals surface area contributed by atoms with Crippen molar-refractivity contribution in [3.8, 4) is 0 Å². The lowest BCUT2D eigenvalue weighted by Crippen LogP contribution is -2.41. The highest BCUT2D eigenvalue weighted by atomic mass is 19.1. The van der Waals surface area contributed by atoms with Gasteiger partial charge in [0, 0.05) is 6.54 Å². The van der Waals surface area contributed by atoms with Crippen molar-refractivity contribution < 1.29 is 9.18 Å². The monoisotopic (exact) mass is 280 g/mol. The fourth-order valence-corrected chi connectivity index (χ4v) is 1.92. The van der Waals surface area contributed by atoms with Crippen LogP contribution in [-0.2, 0) is 11.2 Å². The molecule has 20 heavy (non-hydrogen) atoms. The summed E-state index contributed by atoms with van der Waals surface area (Å²) < 4.78 is 12.7. The summed E-state index contributed by atoms with van der Waals surface area (Å²) in [6, 6.07) is 5.98. The average Bonchev–Trinajstić information content (AvgIpc) is 2.40.